The van der Waals surface area contributed by atoms with E-state index in [0.29, 0.717) is 47.7 Å². The molecule has 1 aliphatic rings. The lowest BCUT2D eigenvalue weighted by molar-refractivity contribution is 0.171. The average molecular weight is 263 g/mol. The molecule has 0 aliphatic carbocycles. The molecule has 0 saturated carbocycles. The van der Waals surface area contributed by atoms with E-state index in [1.54, 1.807) is 19.2 Å². The van der Waals surface area contributed by atoms with Gasteiger partial charge in [-0.05, 0) is 6.07 Å². The highest BCUT2D eigenvalue weighted by molar-refractivity contribution is 5.69. The molecule has 0 amide bonds. The van der Waals surface area contributed by atoms with Crippen molar-refractivity contribution >= 4 is 0 Å². The maximum atomic E-state index is 5.53. The Morgan fingerprint density at radius 2 is 2.00 bits per heavy atom. The molecule has 1 aromatic heterocycles. The van der Waals surface area contributed by atoms with Crippen molar-refractivity contribution in [2.24, 2.45) is 5.73 Å². The fraction of sp³-hybridized carbons (Fsp3) is 0.333. The molecule has 7 heteroatoms. The third-order valence-corrected chi connectivity index (χ3v) is 2.75. The van der Waals surface area contributed by atoms with Crippen molar-refractivity contribution in [1.82, 2.24) is 10.1 Å². The van der Waals surface area contributed by atoms with Crippen LogP contribution in [0.3, 0.4) is 0 Å². The molecule has 0 atom stereocenters. The van der Waals surface area contributed by atoms with E-state index in [2.05, 4.69) is 10.1 Å². The number of ether oxygens (including phenoxy) is 3. The summed E-state index contributed by atoms with van der Waals surface area (Å²) in [5.41, 5.74) is 6.13. The predicted octanol–water partition coefficient (Wildman–Crippen LogP) is 0.975. The smallest absolute Gasteiger partial charge is 0.240 e. The van der Waals surface area contributed by atoms with Gasteiger partial charge in [-0.3, -0.25) is 0 Å². The molecular formula is C12H13N3O4. The van der Waals surface area contributed by atoms with Gasteiger partial charge < -0.3 is 24.5 Å². The van der Waals surface area contributed by atoms with Gasteiger partial charge >= 0.3 is 0 Å². The van der Waals surface area contributed by atoms with Crippen LogP contribution in [-0.2, 0) is 6.54 Å². The SMILES string of the molecule is COc1cc2c(cc1-c1noc(CN)n1)OCCO2. The van der Waals surface area contributed by atoms with Gasteiger partial charge in [0.1, 0.15) is 19.0 Å². The first-order chi connectivity index (χ1) is 9.31. The number of aromatic nitrogens is 2. The number of hydrogen-bond donors (Lipinski definition) is 1. The third kappa shape index (κ3) is 2.08. The molecule has 0 saturated heterocycles. The Morgan fingerprint density at radius 3 is 2.63 bits per heavy atom. The number of methoxy groups -OCH3 is 1. The van der Waals surface area contributed by atoms with Crippen molar-refractivity contribution in [2.45, 2.75) is 6.54 Å². The van der Waals surface area contributed by atoms with E-state index in [1.807, 2.05) is 0 Å². The average Bonchev–Trinajstić information content (AvgIpc) is 2.94. The van der Waals surface area contributed by atoms with E-state index >= 15 is 0 Å². The molecule has 100 valence electrons. The van der Waals surface area contributed by atoms with Crippen LogP contribution < -0.4 is 19.9 Å². The Morgan fingerprint density at radius 1 is 1.26 bits per heavy atom. The molecule has 0 unspecified atom stereocenters. The van der Waals surface area contributed by atoms with E-state index in [9.17, 15) is 0 Å². The van der Waals surface area contributed by atoms with Gasteiger partial charge in [-0.1, -0.05) is 5.16 Å². The minimum Gasteiger partial charge on any atom is -0.496 e. The molecule has 0 spiro atoms. The van der Waals surface area contributed by atoms with E-state index in [0.717, 1.165) is 0 Å². The summed E-state index contributed by atoms with van der Waals surface area (Å²) in [6.45, 7) is 1.23. The quantitative estimate of drug-likeness (QED) is 0.882. The first-order valence-corrected chi connectivity index (χ1v) is 5.82. The van der Waals surface area contributed by atoms with Gasteiger partial charge in [-0.25, -0.2) is 0 Å². The van der Waals surface area contributed by atoms with E-state index in [1.165, 1.54) is 0 Å². The third-order valence-electron chi connectivity index (χ3n) is 2.75. The number of hydrogen-bond acceptors (Lipinski definition) is 7. The van der Waals surface area contributed by atoms with Crippen molar-refractivity contribution in [3.05, 3.63) is 18.0 Å². The second-order valence-corrected chi connectivity index (χ2v) is 3.91. The number of rotatable bonds is 3. The van der Waals surface area contributed by atoms with Crippen LogP contribution in [0.2, 0.25) is 0 Å². The van der Waals surface area contributed by atoms with Crippen molar-refractivity contribution in [2.75, 3.05) is 20.3 Å². The molecule has 0 bridgehead atoms. The second-order valence-electron chi connectivity index (χ2n) is 3.91. The van der Waals surface area contributed by atoms with E-state index in [4.69, 9.17) is 24.5 Å². The number of benzene rings is 1. The minimum absolute atomic E-state index is 0.194. The summed E-state index contributed by atoms with van der Waals surface area (Å²) < 4.78 is 21.3. The molecule has 2 aromatic rings. The predicted molar refractivity (Wildman–Crippen MR) is 65.2 cm³/mol. The van der Waals surface area contributed by atoms with Gasteiger partial charge in [0.15, 0.2) is 11.5 Å². The first kappa shape index (κ1) is 11.8. The van der Waals surface area contributed by atoms with Gasteiger partial charge in [0.2, 0.25) is 11.7 Å². The van der Waals surface area contributed by atoms with Crippen LogP contribution in [0.25, 0.3) is 11.4 Å². The van der Waals surface area contributed by atoms with Crippen molar-refractivity contribution in [3.63, 3.8) is 0 Å². The summed E-state index contributed by atoms with van der Waals surface area (Å²) in [5.74, 6) is 2.66. The Bertz CT molecular complexity index is 597. The Labute approximate surface area is 109 Å². The highest BCUT2D eigenvalue weighted by atomic mass is 16.6. The largest absolute Gasteiger partial charge is 0.496 e. The molecule has 1 aromatic carbocycles. The lowest BCUT2D eigenvalue weighted by Gasteiger charge is -2.19. The molecule has 3 rings (SSSR count). The Hall–Kier alpha value is -2.28. The zero-order valence-electron chi connectivity index (χ0n) is 10.4. The van der Waals surface area contributed by atoms with Crippen molar-refractivity contribution in [3.8, 4) is 28.6 Å². The molecule has 2 N–H and O–H groups in total. The molecule has 7 nitrogen and oxygen atoms in total. The maximum Gasteiger partial charge on any atom is 0.240 e. The van der Waals surface area contributed by atoms with Crippen LogP contribution >= 0.6 is 0 Å². The summed E-state index contributed by atoms with van der Waals surface area (Å²) in [6, 6.07) is 3.53. The van der Waals surface area contributed by atoms with Crippen LogP contribution in [0.5, 0.6) is 17.2 Å². The summed E-state index contributed by atoms with van der Waals surface area (Å²) in [7, 11) is 1.57. The molecule has 2 heterocycles. The van der Waals surface area contributed by atoms with Gasteiger partial charge in [-0.15, -0.1) is 0 Å². The monoisotopic (exact) mass is 263 g/mol. The fourth-order valence-electron chi connectivity index (χ4n) is 1.86. The first-order valence-electron chi connectivity index (χ1n) is 5.82. The van der Waals surface area contributed by atoms with Crippen molar-refractivity contribution < 1.29 is 18.7 Å². The summed E-state index contributed by atoms with van der Waals surface area (Å²) in [6.07, 6.45) is 0. The van der Waals surface area contributed by atoms with Gasteiger partial charge in [0.25, 0.3) is 0 Å². The highest BCUT2D eigenvalue weighted by Gasteiger charge is 2.20. The topological polar surface area (TPSA) is 92.6 Å². The van der Waals surface area contributed by atoms with E-state index < -0.39 is 0 Å². The maximum absolute atomic E-state index is 5.53. The van der Waals surface area contributed by atoms with Gasteiger partial charge in [0, 0.05) is 6.07 Å². The van der Waals surface area contributed by atoms with Gasteiger partial charge in [-0.2, -0.15) is 4.98 Å². The summed E-state index contributed by atoms with van der Waals surface area (Å²) in [5, 5.41) is 3.87. The lowest BCUT2D eigenvalue weighted by Crippen LogP contribution is -2.15. The number of fused-ring (bicyclic) bond motifs is 1. The van der Waals surface area contributed by atoms with Crippen LogP contribution in [0.1, 0.15) is 5.89 Å². The minimum atomic E-state index is 0.194. The molecular weight excluding hydrogens is 250 g/mol. The zero-order valence-corrected chi connectivity index (χ0v) is 10.4. The summed E-state index contributed by atoms with van der Waals surface area (Å²) >= 11 is 0. The van der Waals surface area contributed by atoms with Crippen LogP contribution in [-0.4, -0.2) is 30.5 Å². The number of nitrogens with two attached hydrogens (primary N) is 1. The molecule has 19 heavy (non-hydrogen) atoms. The second kappa shape index (κ2) is 4.77. The lowest BCUT2D eigenvalue weighted by atomic mass is 10.1. The molecule has 1 aliphatic heterocycles. The standard InChI is InChI=1S/C12H13N3O4/c1-16-8-5-10-9(17-2-3-18-10)4-7(8)12-14-11(6-13)19-15-12/h4-5H,2-3,6,13H2,1H3. The normalized spacial score (nSPS) is 13.4. The van der Waals surface area contributed by atoms with Crippen molar-refractivity contribution in [1.29, 1.82) is 0 Å². The zero-order chi connectivity index (χ0) is 13.2. The summed E-state index contributed by atoms with van der Waals surface area (Å²) in [4.78, 5) is 4.18. The Balaban J connectivity index is 2.08. The van der Waals surface area contributed by atoms with Crippen LogP contribution in [0, 0.1) is 0 Å². The van der Waals surface area contributed by atoms with Gasteiger partial charge in [0.05, 0.1) is 19.2 Å². The molecule has 0 radical (unpaired) electrons. The highest BCUT2D eigenvalue weighted by Crippen LogP contribution is 2.40. The fourth-order valence-corrected chi connectivity index (χ4v) is 1.86. The van der Waals surface area contributed by atoms with E-state index in [-0.39, 0.29) is 6.54 Å². The molecule has 0 fully saturated rings. The number of nitrogens with zero attached hydrogens (tertiary/aromatic N) is 2. The van der Waals surface area contributed by atoms with Crippen LogP contribution in [0.15, 0.2) is 16.7 Å². The Kier molecular flexibility index (Phi) is 2.96. The van der Waals surface area contributed by atoms with Crippen LogP contribution in [0.4, 0.5) is 0 Å².